The third-order valence-corrected chi connectivity index (χ3v) is 3.79. The fourth-order valence-electron chi connectivity index (χ4n) is 2.75. The number of nitrogens with two attached hydrogens (primary N) is 1. The lowest BCUT2D eigenvalue weighted by Gasteiger charge is -2.04. The van der Waals surface area contributed by atoms with Gasteiger partial charge >= 0.3 is 0 Å². The number of nitrogens with one attached hydrogen (secondary N) is 1. The number of H-pyrrole nitrogens is 1. The number of fused-ring (bicyclic) bond motifs is 2. The second kappa shape index (κ2) is 4.89. The quantitative estimate of drug-likeness (QED) is 0.595. The van der Waals surface area contributed by atoms with Crippen molar-refractivity contribution in [3.8, 4) is 11.3 Å². The topological polar surface area (TPSA) is 67.6 Å². The molecule has 0 saturated carbocycles. The second-order valence-electron chi connectivity index (χ2n) is 5.13. The smallest absolute Gasteiger partial charge is 0.124 e. The molecule has 22 heavy (non-hydrogen) atoms. The van der Waals surface area contributed by atoms with Crippen molar-refractivity contribution in [2.45, 2.75) is 6.54 Å². The molecule has 0 aliphatic carbocycles. The Kier molecular flexibility index (Phi) is 2.87. The van der Waals surface area contributed by atoms with Crippen LogP contribution in [0.25, 0.3) is 33.2 Å². The normalized spacial score (nSPS) is 11.4. The Labute approximate surface area is 125 Å². The number of benzene rings is 1. The summed E-state index contributed by atoms with van der Waals surface area (Å²) in [5.41, 5.74) is 10.6. The van der Waals surface area contributed by atoms with Gasteiger partial charge in [0.2, 0.25) is 0 Å². The molecular formula is C17H13FN4. The van der Waals surface area contributed by atoms with Gasteiger partial charge in [-0.25, -0.2) is 9.37 Å². The molecule has 3 aromatic heterocycles. The summed E-state index contributed by atoms with van der Waals surface area (Å²) in [4.78, 5) is 12.1. The second-order valence-corrected chi connectivity index (χ2v) is 5.13. The number of pyridine rings is 2. The van der Waals surface area contributed by atoms with E-state index in [0.29, 0.717) is 0 Å². The van der Waals surface area contributed by atoms with E-state index in [1.807, 2.05) is 30.5 Å². The van der Waals surface area contributed by atoms with E-state index in [1.54, 1.807) is 6.20 Å². The average molecular weight is 292 g/mol. The molecule has 0 saturated heterocycles. The first kappa shape index (κ1) is 12.9. The van der Waals surface area contributed by atoms with Crippen LogP contribution in [0.1, 0.15) is 5.56 Å². The molecule has 1 aromatic carbocycles. The van der Waals surface area contributed by atoms with E-state index in [9.17, 15) is 4.39 Å². The van der Waals surface area contributed by atoms with E-state index in [1.165, 1.54) is 12.1 Å². The molecule has 108 valence electrons. The summed E-state index contributed by atoms with van der Waals surface area (Å²) in [7, 11) is 0. The Balaban J connectivity index is 1.98. The van der Waals surface area contributed by atoms with Crippen molar-refractivity contribution < 1.29 is 4.39 Å². The fraction of sp³-hybridized carbons (Fsp3) is 0.0588. The van der Waals surface area contributed by atoms with E-state index in [0.717, 1.165) is 38.8 Å². The van der Waals surface area contributed by atoms with Crippen molar-refractivity contribution in [1.82, 2.24) is 15.0 Å². The van der Waals surface area contributed by atoms with Gasteiger partial charge in [0, 0.05) is 29.9 Å². The van der Waals surface area contributed by atoms with Gasteiger partial charge in [-0.1, -0.05) is 0 Å². The molecule has 0 unspecified atom stereocenters. The Morgan fingerprint density at radius 1 is 1.14 bits per heavy atom. The Bertz CT molecular complexity index is 990. The molecule has 0 aliphatic rings. The molecular weight excluding hydrogens is 279 g/mol. The predicted molar refractivity (Wildman–Crippen MR) is 84.7 cm³/mol. The van der Waals surface area contributed by atoms with Gasteiger partial charge in [-0.3, -0.25) is 4.98 Å². The molecule has 5 heteroatoms. The van der Waals surface area contributed by atoms with Crippen LogP contribution in [0.15, 0.2) is 48.8 Å². The van der Waals surface area contributed by atoms with Gasteiger partial charge in [0.15, 0.2) is 0 Å². The van der Waals surface area contributed by atoms with E-state index >= 15 is 0 Å². The monoisotopic (exact) mass is 292 g/mol. The lowest BCUT2D eigenvalue weighted by atomic mass is 10.1. The van der Waals surface area contributed by atoms with E-state index < -0.39 is 0 Å². The fourth-order valence-corrected chi connectivity index (χ4v) is 2.75. The van der Waals surface area contributed by atoms with Crippen molar-refractivity contribution in [1.29, 1.82) is 0 Å². The third-order valence-electron chi connectivity index (χ3n) is 3.79. The predicted octanol–water partition coefficient (Wildman–Crippen LogP) is 3.38. The Hall–Kier alpha value is -2.79. The molecule has 0 amide bonds. The highest BCUT2D eigenvalue weighted by Gasteiger charge is 2.12. The highest BCUT2D eigenvalue weighted by atomic mass is 19.1. The van der Waals surface area contributed by atoms with E-state index in [-0.39, 0.29) is 12.4 Å². The Morgan fingerprint density at radius 3 is 2.91 bits per heavy atom. The van der Waals surface area contributed by atoms with Gasteiger partial charge < -0.3 is 10.7 Å². The van der Waals surface area contributed by atoms with Crippen molar-refractivity contribution in [2.75, 3.05) is 0 Å². The molecule has 4 rings (SSSR count). The Morgan fingerprint density at radius 2 is 2.05 bits per heavy atom. The molecule has 0 radical (unpaired) electrons. The third kappa shape index (κ3) is 1.95. The van der Waals surface area contributed by atoms with Gasteiger partial charge in [0.05, 0.1) is 22.2 Å². The van der Waals surface area contributed by atoms with Gasteiger partial charge in [-0.05, 0) is 42.0 Å². The molecule has 4 nitrogen and oxygen atoms in total. The minimum Gasteiger partial charge on any atom is -0.360 e. The summed E-state index contributed by atoms with van der Waals surface area (Å²) >= 11 is 0. The molecule has 3 heterocycles. The summed E-state index contributed by atoms with van der Waals surface area (Å²) in [5.74, 6) is -0.295. The standard InChI is InChI=1S/C17H13FN4/c18-11-6-10(8-19)17-12(7-11)13(9-21-17)14-3-4-15-16(22-14)2-1-5-20-15/h1-7,9,21H,8,19H2. The number of halogens is 1. The molecule has 0 fully saturated rings. The minimum atomic E-state index is -0.295. The lowest BCUT2D eigenvalue weighted by molar-refractivity contribution is 0.627. The van der Waals surface area contributed by atoms with Crippen molar-refractivity contribution in [3.63, 3.8) is 0 Å². The van der Waals surface area contributed by atoms with Crippen LogP contribution >= 0.6 is 0 Å². The van der Waals surface area contributed by atoms with Gasteiger partial charge in [-0.15, -0.1) is 0 Å². The largest absolute Gasteiger partial charge is 0.360 e. The van der Waals surface area contributed by atoms with Gasteiger partial charge in [0.25, 0.3) is 0 Å². The molecule has 0 spiro atoms. The lowest BCUT2D eigenvalue weighted by Crippen LogP contribution is -1.98. The van der Waals surface area contributed by atoms with Crippen molar-refractivity contribution >= 4 is 21.9 Å². The first-order chi connectivity index (χ1) is 10.8. The summed E-state index contributed by atoms with van der Waals surface area (Å²) < 4.78 is 13.8. The van der Waals surface area contributed by atoms with Crippen LogP contribution in [-0.4, -0.2) is 15.0 Å². The molecule has 0 bridgehead atoms. The van der Waals surface area contributed by atoms with Crippen LogP contribution in [0.2, 0.25) is 0 Å². The SMILES string of the molecule is NCc1cc(F)cc2c(-c3ccc4ncccc4n3)c[nH]c12. The maximum Gasteiger partial charge on any atom is 0.124 e. The number of hydrogen-bond acceptors (Lipinski definition) is 3. The van der Waals surface area contributed by atoms with Crippen molar-refractivity contribution in [3.05, 3.63) is 60.2 Å². The number of aromatic nitrogens is 3. The average Bonchev–Trinajstić information content (AvgIpc) is 2.97. The maximum atomic E-state index is 13.8. The van der Waals surface area contributed by atoms with Crippen LogP contribution in [0.3, 0.4) is 0 Å². The highest BCUT2D eigenvalue weighted by molar-refractivity contribution is 5.97. The first-order valence-corrected chi connectivity index (χ1v) is 6.98. The zero-order valence-electron chi connectivity index (χ0n) is 11.7. The van der Waals surface area contributed by atoms with Crippen LogP contribution in [0.5, 0.6) is 0 Å². The molecule has 3 N–H and O–H groups in total. The van der Waals surface area contributed by atoms with Crippen LogP contribution in [0, 0.1) is 5.82 Å². The van der Waals surface area contributed by atoms with E-state index in [4.69, 9.17) is 5.73 Å². The summed E-state index contributed by atoms with van der Waals surface area (Å²) in [6.07, 6.45) is 3.58. The van der Waals surface area contributed by atoms with Gasteiger partial charge in [-0.2, -0.15) is 0 Å². The summed E-state index contributed by atoms with van der Waals surface area (Å²) in [6.45, 7) is 0.281. The van der Waals surface area contributed by atoms with Crippen LogP contribution in [0.4, 0.5) is 4.39 Å². The number of nitrogens with zero attached hydrogens (tertiary/aromatic N) is 2. The molecule has 0 aliphatic heterocycles. The van der Waals surface area contributed by atoms with E-state index in [2.05, 4.69) is 15.0 Å². The highest BCUT2D eigenvalue weighted by Crippen LogP contribution is 2.30. The maximum absolute atomic E-state index is 13.8. The summed E-state index contributed by atoms with van der Waals surface area (Å²) in [5, 5.41) is 0.788. The number of aromatic amines is 1. The zero-order valence-corrected chi connectivity index (χ0v) is 11.7. The molecule has 4 aromatic rings. The first-order valence-electron chi connectivity index (χ1n) is 6.98. The van der Waals surface area contributed by atoms with Crippen LogP contribution in [-0.2, 0) is 6.54 Å². The minimum absolute atomic E-state index is 0.281. The zero-order chi connectivity index (χ0) is 15.1. The van der Waals surface area contributed by atoms with Crippen molar-refractivity contribution in [2.24, 2.45) is 5.73 Å². The van der Waals surface area contributed by atoms with Gasteiger partial charge in [0.1, 0.15) is 5.82 Å². The number of hydrogen-bond donors (Lipinski definition) is 2. The number of rotatable bonds is 2. The summed E-state index contributed by atoms with van der Waals surface area (Å²) in [6, 6.07) is 10.5. The van der Waals surface area contributed by atoms with Crippen LogP contribution < -0.4 is 5.73 Å². The molecule has 0 atom stereocenters.